The van der Waals surface area contributed by atoms with E-state index in [2.05, 4.69) is 29.1 Å². The Bertz CT molecular complexity index is 474. The van der Waals surface area contributed by atoms with Gasteiger partial charge in [0.1, 0.15) is 5.69 Å². The van der Waals surface area contributed by atoms with Crippen LogP contribution in [0, 0.1) is 17.0 Å². The number of aromatic nitrogens is 2. The Morgan fingerprint density at radius 2 is 1.90 bits per heavy atom. The number of nitrogens with one attached hydrogen (secondary N) is 1. The van der Waals surface area contributed by atoms with Crippen LogP contribution in [0.25, 0.3) is 0 Å². The van der Waals surface area contributed by atoms with Gasteiger partial charge in [-0.3, -0.25) is 10.1 Å². The van der Waals surface area contributed by atoms with Gasteiger partial charge in [0.05, 0.1) is 4.92 Å². The Kier molecular flexibility index (Phi) is 5.66. The van der Waals surface area contributed by atoms with Gasteiger partial charge in [0.25, 0.3) is 0 Å². The van der Waals surface area contributed by atoms with Crippen molar-refractivity contribution in [3.05, 3.63) is 15.8 Å². The number of rotatable bonds is 7. The van der Waals surface area contributed by atoms with Gasteiger partial charge in [0, 0.05) is 19.6 Å². The molecule has 0 unspecified atom stereocenters. The van der Waals surface area contributed by atoms with Crippen LogP contribution in [0.1, 0.15) is 39.3 Å². The highest BCUT2D eigenvalue weighted by Crippen LogP contribution is 2.31. The van der Waals surface area contributed by atoms with E-state index < -0.39 is 4.92 Å². The molecule has 0 amide bonds. The van der Waals surface area contributed by atoms with Gasteiger partial charge in [-0.2, -0.15) is 4.98 Å². The lowest BCUT2D eigenvalue weighted by Crippen LogP contribution is -2.32. The van der Waals surface area contributed by atoms with Crippen LogP contribution in [0.3, 0.4) is 0 Å². The van der Waals surface area contributed by atoms with Gasteiger partial charge in [-0.15, -0.1) is 0 Å². The molecule has 0 radical (unpaired) electrons. The lowest BCUT2D eigenvalue weighted by molar-refractivity contribution is -0.385. The molecule has 0 aromatic carbocycles. The quantitative estimate of drug-likeness (QED) is 0.611. The summed E-state index contributed by atoms with van der Waals surface area (Å²) in [4.78, 5) is 21.2. The summed E-state index contributed by atoms with van der Waals surface area (Å²) in [6.07, 6.45) is 1.81. The Morgan fingerprint density at radius 1 is 1.30 bits per heavy atom. The monoisotopic (exact) mass is 281 g/mol. The molecule has 20 heavy (non-hydrogen) atoms. The maximum Gasteiger partial charge on any atom is 0.332 e. The van der Waals surface area contributed by atoms with E-state index in [1.807, 2.05) is 18.9 Å². The molecule has 1 aromatic heterocycles. The van der Waals surface area contributed by atoms with Gasteiger partial charge in [-0.1, -0.05) is 13.8 Å². The standard InChI is InChI=1S/C13H23N5O2/c1-6-10(7-2)17(5)12-11(18(19)20)9(4)15-13(16-12)14-8-3/h10H,6-8H2,1-5H3,(H,14,15,16). The number of aryl methyl sites for hydroxylation is 1. The van der Waals surface area contributed by atoms with E-state index in [0.717, 1.165) is 12.8 Å². The average molecular weight is 281 g/mol. The van der Waals surface area contributed by atoms with E-state index in [1.165, 1.54) is 0 Å². The highest BCUT2D eigenvalue weighted by Gasteiger charge is 2.27. The van der Waals surface area contributed by atoms with E-state index in [-0.39, 0.29) is 11.7 Å². The minimum atomic E-state index is -0.403. The smallest absolute Gasteiger partial charge is 0.332 e. The van der Waals surface area contributed by atoms with Crippen molar-refractivity contribution in [3.63, 3.8) is 0 Å². The molecule has 0 aliphatic carbocycles. The van der Waals surface area contributed by atoms with Gasteiger partial charge in [0.2, 0.25) is 11.8 Å². The third kappa shape index (κ3) is 3.34. The van der Waals surface area contributed by atoms with E-state index in [9.17, 15) is 10.1 Å². The summed E-state index contributed by atoms with van der Waals surface area (Å²) in [7, 11) is 1.85. The molecule has 7 nitrogen and oxygen atoms in total. The van der Waals surface area contributed by atoms with Crippen LogP contribution in [0.4, 0.5) is 17.5 Å². The van der Waals surface area contributed by atoms with Crippen molar-refractivity contribution in [1.29, 1.82) is 0 Å². The van der Waals surface area contributed by atoms with Crippen LogP contribution in [0.5, 0.6) is 0 Å². The third-order valence-corrected chi connectivity index (χ3v) is 3.38. The summed E-state index contributed by atoms with van der Waals surface area (Å²) >= 11 is 0. The lowest BCUT2D eigenvalue weighted by atomic mass is 10.1. The normalized spacial score (nSPS) is 10.7. The minimum absolute atomic E-state index is 0.0129. The SMILES string of the molecule is CCNc1nc(C)c([N+](=O)[O-])c(N(C)C(CC)CC)n1. The molecule has 7 heteroatoms. The first-order valence-corrected chi connectivity index (χ1v) is 6.95. The average Bonchev–Trinajstić information content (AvgIpc) is 2.39. The first-order valence-electron chi connectivity index (χ1n) is 6.95. The van der Waals surface area contributed by atoms with Gasteiger partial charge in [-0.25, -0.2) is 4.98 Å². The molecule has 1 heterocycles. The fourth-order valence-electron chi connectivity index (χ4n) is 2.26. The molecule has 1 aromatic rings. The van der Waals surface area contributed by atoms with Gasteiger partial charge >= 0.3 is 5.69 Å². The van der Waals surface area contributed by atoms with Gasteiger partial charge < -0.3 is 10.2 Å². The molecule has 0 spiro atoms. The number of hydrogen-bond donors (Lipinski definition) is 1. The van der Waals surface area contributed by atoms with Gasteiger partial charge in [0.15, 0.2) is 0 Å². The minimum Gasteiger partial charge on any atom is -0.354 e. The summed E-state index contributed by atoms with van der Waals surface area (Å²) in [5.41, 5.74) is 0.370. The Hall–Kier alpha value is -1.92. The lowest BCUT2D eigenvalue weighted by Gasteiger charge is -2.27. The second kappa shape index (κ2) is 7.02. The fourth-order valence-corrected chi connectivity index (χ4v) is 2.26. The van der Waals surface area contributed by atoms with Crippen molar-refractivity contribution in [3.8, 4) is 0 Å². The number of nitro groups is 1. The largest absolute Gasteiger partial charge is 0.354 e. The van der Waals surface area contributed by atoms with Gasteiger partial charge in [-0.05, 0) is 26.7 Å². The maximum atomic E-state index is 11.3. The van der Waals surface area contributed by atoms with Crippen molar-refractivity contribution < 1.29 is 4.92 Å². The zero-order valence-electron chi connectivity index (χ0n) is 12.8. The number of nitrogens with zero attached hydrogens (tertiary/aromatic N) is 4. The number of anilines is 2. The maximum absolute atomic E-state index is 11.3. The predicted octanol–water partition coefficient (Wildman–Crippen LogP) is 2.75. The second-order valence-electron chi connectivity index (χ2n) is 4.67. The Labute approximate surface area is 119 Å². The zero-order valence-corrected chi connectivity index (χ0v) is 12.8. The van der Waals surface area contributed by atoms with E-state index in [1.54, 1.807) is 6.92 Å². The van der Waals surface area contributed by atoms with Crippen LogP contribution in [-0.4, -0.2) is 34.5 Å². The topological polar surface area (TPSA) is 84.2 Å². The van der Waals surface area contributed by atoms with Crippen LogP contribution in [0.15, 0.2) is 0 Å². The summed E-state index contributed by atoms with van der Waals surface area (Å²) in [5.74, 6) is 0.815. The van der Waals surface area contributed by atoms with E-state index >= 15 is 0 Å². The van der Waals surface area contributed by atoms with E-state index in [0.29, 0.717) is 24.0 Å². The van der Waals surface area contributed by atoms with Crippen LogP contribution in [-0.2, 0) is 0 Å². The van der Waals surface area contributed by atoms with Crippen molar-refractivity contribution >= 4 is 17.5 Å². The van der Waals surface area contributed by atoms with Crippen molar-refractivity contribution in [1.82, 2.24) is 9.97 Å². The van der Waals surface area contributed by atoms with Crippen molar-refractivity contribution in [2.45, 2.75) is 46.6 Å². The molecule has 0 aliphatic rings. The molecule has 0 saturated carbocycles. The third-order valence-electron chi connectivity index (χ3n) is 3.38. The highest BCUT2D eigenvalue weighted by atomic mass is 16.6. The molecular formula is C13H23N5O2. The van der Waals surface area contributed by atoms with Crippen LogP contribution < -0.4 is 10.2 Å². The summed E-state index contributed by atoms with van der Waals surface area (Å²) < 4.78 is 0. The predicted molar refractivity (Wildman–Crippen MR) is 80.4 cm³/mol. The molecule has 0 aliphatic heterocycles. The van der Waals surface area contributed by atoms with Crippen molar-refractivity contribution in [2.24, 2.45) is 0 Å². The zero-order chi connectivity index (χ0) is 15.3. The van der Waals surface area contributed by atoms with E-state index in [4.69, 9.17) is 0 Å². The Balaban J connectivity index is 3.35. The Morgan fingerprint density at radius 3 is 2.35 bits per heavy atom. The molecule has 0 fully saturated rings. The summed E-state index contributed by atoms with van der Waals surface area (Å²) in [6.45, 7) is 8.38. The van der Waals surface area contributed by atoms with Crippen LogP contribution >= 0.6 is 0 Å². The first kappa shape index (κ1) is 16.1. The first-order chi connectivity index (χ1) is 9.46. The van der Waals surface area contributed by atoms with Crippen LogP contribution in [0.2, 0.25) is 0 Å². The van der Waals surface area contributed by atoms with Crippen molar-refractivity contribution in [2.75, 3.05) is 23.8 Å². The summed E-state index contributed by atoms with van der Waals surface area (Å²) in [6, 6.07) is 0.220. The molecule has 112 valence electrons. The summed E-state index contributed by atoms with van der Waals surface area (Å²) in [5, 5.41) is 14.3. The fraction of sp³-hybridized carbons (Fsp3) is 0.692. The molecule has 1 N–H and O–H groups in total. The molecule has 0 saturated heterocycles. The molecule has 1 rings (SSSR count). The second-order valence-corrected chi connectivity index (χ2v) is 4.67. The molecule has 0 bridgehead atoms. The molecule has 0 atom stereocenters. The number of hydrogen-bond acceptors (Lipinski definition) is 6. The highest BCUT2D eigenvalue weighted by molar-refractivity contribution is 5.62. The molecular weight excluding hydrogens is 258 g/mol.